The summed E-state index contributed by atoms with van der Waals surface area (Å²) in [6.07, 6.45) is 3.29. The summed E-state index contributed by atoms with van der Waals surface area (Å²) in [5, 5.41) is 16.2. The predicted molar refractivity (Wildman–Crippen MR) is 120 cm³/mol. The van der Waals surface area contributed by atoms with Crippen molar-refractivity contribution in [3.63, 3.8) is 0 Å². The van der Waals surface area contributed by atoms with Crippen LogP contribution in [0.1, 0.15) is 32.4 Å². The Morgan fingerprint density at radius 3 is 2.61 bits per heavy atom. The normalized spacial score (nSPS) is 12.3. The third kappa shape index (κ3) is 4.72. The van der Waals surface area contributed by atoms with E-state index in [0.29, 0.717) is 29.1 Å². The third-order valence-electron chi connectivity index (χ3n) is 4.70. The molecule has 1 unspecified atom stereocenters. The third-order valence-corrected chi connectivity index (χ3v) is 5.78. The standard InChI is InChI=1S/C22H24N6O2S/c1-15(2)28-19(11-12-23-28)24-21(29)16(3)31-22-26-25-20(18-10-7-13-30-18)27(22)14-17-8-5-4-6-9-17/h4-13,15-16H,14H2,1-3H3,(H,24,29). The number of thioether (sulfide) groups is 1. The van der Waals surface area contributed by atoms with Crippen LogP contribution in [0, 0.1) is 0 Å². The molecule has 0 aliphatic carbocycles. The Hall–Kier alpha value is -3.33. The average molecular weight is 437 g/mol. The first-order valence-corrected chi connectivity index (χ1v) is 10.9. The lowest BCUT2D eigenvalue weighted by atomic mass is 10.2. The number of hydrogen-bond donors (Lipinski definition) is 1. The minimum atomic E-state index is -0.390. The molecule has 0 fully saturated rings. The first-order valence-electron chi connectivity index (χ1n) is 10.0. The summed E-state index contributed by atoms with van der Waals surface area (Å²) in [4.78, 5) is 12.8. The van der Waals surface area contributed by atoms with Gasteiger partial charge in [-0.15, -0.1) is 10.2 Å². The number of nitrogens with zero attached hydrogens (tertiary/aromatic N) is 5. The van der Waals surface area contributed by atoms with Gasteiger partial charge in [0.25, 0.3) is 0 Å². The van der Waals surface area contributed by atoms with Crippen LogP contribution in [0.4, 0.5) is 5.82 Å². The monoisotopic (exact) mass is 436 g/mol. The maximum Gasteiger partial charge on any atom is 0.238 e. The largest absolute Gasteiger partial charge is 0.461 e. The minimum Gasteiger partial charge on any atom is -0.461 e. The number of rotatable bonds is 8. The van der Waals surface area contributed by atoms with E-state index in [0.717, 1.165) is 5.56 Å². The van der Waals surface area contributed by atoms with Crippen molar-refractivity contribution in [2.75, 3.05) is 5.32 Å². The van der Waals surface area contributed by atoms with Crippen molar-refractivity contribution in [2.45, 2.75) is 43.8 Å². The molecule has 3 heterocycles. The van der Waals surface area contributed by atoms with Crippen LogP contribution in [0.25, 0.3) is 11.6 Å². The van der Waals surface area contributed by atoms with Gasteiger partial charge in [0.15, 0.2) is 10.9 Å². The fourth-order valence-electron chi connectivity index (χ4n) is 3.14. The van der Waals surface area contributed by atoms with Crippen molar-refractivity contribution >= 4 is 23.5 Å². The Kier molecular flexibility index (Phi) is 6.22. The van der Waals surface area contributed by atoms with E-state index >= 15 is 0 Å². The zero-order valence-electron chi connectivity index (χ0n) is 17.6. The molecule has 0 saturated carbocycles. The highest BCUT2D eigenvalue weighted by Crippen LogP contribution is 2.28. The van der Waals surface area contributed by atoms with Gasteiger partial charge in [0.2, 0.25) is 11.7 Å². The van der Waals surface area contributed by atoms with Gasteiger partial charge in [0, 0.05) is 12.1 Å². The number of nitrogens with one attached hydrogen (secondary N) is 1. The van der Waals surface area contributed by atoms with E-state index in [1.54, 1.807) is 23.2 Å². The summed E-state index contributed by atoms with van der Waals surface area (Å²) in [7, 11) is 0. The summed E-state index contributed by atoms with van der Waals surface area (Å²) in [5.41, 5.74) is 1.11. The molecule has 0 aliphatic heterocycles. The van der Waals surface area contributed by atoms with Crippen LogP contribution in [0.3, 0.4) is 0 Å². The Morgan fingerprint density at radius 1 is 1.10 bits per heavy atom. The molecule has 31 heavy (non-hydrogen) atoms. The van der Waals surface area contributed by atoms with Gasteiger partial charge in [0.1, 0.15) is 5.82 Å². The Bertz CT molecular complexity index is 1130. The van der Waals surface area contributed by atoms with Gasteiger partial charge in [-0.05, 0) is 38.5 Å². The van der Waals surface area contributed by atoms with Crippen LogP contribution in [-0.2, 0) is 11.3 Å². The molecule has 0 radical (unpaired) electrons. The zero-order valence-corrected chi connectivity index (χ0v) is 18.4. The Labute approximate surface area is 184 Å². The van der Waals surface area contributed by atoms with E-state index in [4.69, 9.17) is 4.42 Å². The lowest BCUT2D eigenvalue weighted by Crippen LogP contribution is -2.25. The Morgan fingerprint density at radius 2 is 1.90 bits per heavy atom. The first kappa shape index (κ1) is 20.9. The number of hydrogen-bond acceptors (Lipinski definition) is 6. The summed E-state index contributed by atoms with van der Waals surface area (Å²) >= 11 is 1.36. The van der Waals surface area contributed by atoms with Crippen molar-refractivity contribution in [1.29, 1.82) is 0 Å². The fourth-order valence-corrected chi connectivity index (χ4v) is 3.99. The number of anilines is 1. The van der Waals surface area contributed by atoms with Crippen molar-refractivity contribution in [3.05, 3.63) is 66.6 Å². The molecule has 4 aromatic rings. The van der Waals surface area contributed by atoms with Crippen LogP contribution in [0.5, 0.6) is 0 Å². The molecule has 9 heteroatoms. The Balaban J connectivity index is 1.56. The van der Waals surface area contributed by atoms with Gasteiger partial charge >= 0.3 is 0 Å². The number of carbonyl (C=O) groups excluding carboxylic acids is 1. The van der Waals surface area contributed by atoms with Gasteiger partial charge in [-0.1, -0.05) is 42.1 Å². The number of furan rings is 1. The van der Waals surface area contributed by atoms with E-state index in [1.807, 2.05) is 67.8 Å². The van der Waals surface area contributed by atoms with E-state index in [1.165, 1.54) is 11.8 Å². The number of carbonyl (C=O) groups is 1. The minimum absolute atomic E-state index is 0.124. The fraction of sp³-hybridized carbons (Fsp3) is 0.273. The molecular formula is C22H24N6O2S. The van der Waals surface area contributed by atoms with Gasteiger partial charge in [0.05, 0.1) is 24.3 Å². The van der Waals surface area contributed by atoms with Crippen LogP contribution in [0.2, 0.25) is 0 Å². The zero-order chi connectivity index (χ0) is 21.8. The van der Waals surface area contributed by atoms with Crippen molar-refractivity contribution < 1.29 is 9.21 Å². The van der Waals surface area contributed by atoms with Crippen LogP contribution in [0.15, 0.2) is 70.6 Å². The van der Waals surface area contributed by atoms with Gasteiger partial charge in [-0.2, -0.15) is 5.10 Å². The first-order chi connectivity index (χ1) is 15.0. The van der Waals surface area contributed by atoms with Crippen molar-refractivity contribution in [2.24, 2.45) is 0 Å². The predicted octanol–water partition coefficient (Wildman–Crippen LogP) is 4.48. The van der Waals surface area contributed by atoms with Gasteiger partial charge in [-0.25, -0.2) is 4.68 Å². The number of aromatic nitrogens is 5. The molecule has 160 valence electrons. The second kappa shape index (κ2) is 9.22. The smallest absolute Gasteiger partial charge is 0.238 e. The van der Waals surface area contributed by atoms with E-state index < -0.39 is 5.25 Å². The van der Waals surface area contributed by atoms with Crippen molar-refractivity contribution in [1.82, 2.24) is 24.5 Å². The lowest BCUT2D eigenvalue weighted by Gasteiger charge is -2.15. The van der Waals surface area contributed by atoms with Crippen LogP contribution >= 0.6 is 11.8 Å². The lowest BCUT2D eigenvalue weighted by molar-refractivity contribution is -0.115. The maximum absolute atomic E-state index is 12.8. The summed E-state index contributed by atoms with van der Waals surface area (Å²) in [5.74, 6) is 1.81. The summed E-state index contributed by atoms with van der Waals surface area (Å²) in [6, 6.07) is 15.7. The number of benzene rings is 1. The van der Waals surface area contributed by atoms with E-state index in [9.17, 15) is 4.79 Å². The molecular weight excluding hydrogens is 412 g/mol. The molecule has 0 saturated heterocycles. The van der Waals surface area contributed by atoms with Crippen LogP contribution < -0.4 is 5.32 Å². The highest BCUT2D eigenvalue weighted by Gasteiger charge is 2.23. The van der Waals surface area contributed by atoms with Gasteiger partial charge < -0.3 is 9.73 Å². The quantitative estimate of drug-likeness (QED) is 0.410. The topological polar surface area (TPSA) is 90.8 Å². The van der Waals surface area contributed by atoms with E-state index in [2.05, 4.69) is 20.6 Å². The molecule has 1 aromatic carbocycles. The molecule has 0 aliphatic rings. The molecule has 0 bridgehead atoms. The van der Waals surface area contributed by atoms with Crippen LogP contribution in [-0.4, -0.2) is 35.7 Å². The molecule has 3 aromatic heterocycles. The van der Waals surface area contributed by atoms with Gasteiger partial charge in [-0.3, -0.25) is 9.36 Å². The summed E-state index contributed by atoms with van der Waals surface area (Å²) in [6.45, 7) is 6.46. The molecule has 1 N–H and O–H groups in total. The molecule has 1 amide bonds. The van der Waals surface area contributed by atoms with E-state index in [-0.39, 0.29) is 11.9 Å². The molecule has 4 rings (SSSR count). The second-order valence-electron chi connectivity index (χ2n) is 7.36. The SMILES string of the molecule is CC(Sc1nnc(-c2ccco2)n1Cc1ccccc1)C(=O)Nc1ccnn1C(C)C. The number of amides is 1. The second-order valence-corrected chi connectivity index (χ2v) is 8.67. The molecule has 1 atom stereocenters. The summed E-state index contributed by atoms with van der Waals surface area (Å²) < 4.78 is 9.30. The molecule has 8 nitrogen and oxygen atoms in total. The molecule has 0 spiro atoms. The maximum atomic E-state index is 12.8. The highest BCUT2D eigenvalue weighted by molar-refractivity contribution is 8.00. The van der Waals surface area contributed by atoms with Crippen molar-refractivity contribution in [3.8, 4) is 11.6 Å². The average Bonchev–Trinajstić information content (AvgIpc) is 3.50. The highest BCUT2D eigenvalue weighted by atomic mass is 32.2.